The molecule has 1 N–H and O–H groups in total. The van der Waals surface area contributed by atoms with Crippen molar-refractivity contribution in [2.45, 2.75) is 46.5 Å². The van der Waals surface area contributed by atoms with Gasteiger partial charge in [0, 0.05) is 56.3 Å². The normalized spacial score (nSPS) is 15.2. The first-order chi connectivity index (χ1) is 14.4. The van der Waals surface area contributed by atoms with Crippen LogP contribution in [0.1, 0.15) is 55.8 Å². The molecule has 1 aromatic heterocycles. The highest BCUT2D eigenvalue weighted by molar-refractivity contribution is 5.74. The van der Waals surface area contributed by atoms with E-state index in [1.54, 1.807) is 6.07 Å². The molecule has 7 heteroatoms. The van der Waals surface area contributed by atoms with Crippen LogP contribution in [0, 0.1) is 12.7 Å². The van der Waals surface area contributed by atoms with E-state index in [1.807, 2.05) is 30.9 Å². The van der Waals surface area contributed by atoms with E-state index in [0.29, 0.717) is 44.7 Å². The molecule has 0 bridgehead atoms. The number of aryl methyl sites for hydroxylation is 1. The average Bonchev–Trinajstić information content (AvgIpc) is 2.76. The lowest BCUT2D eigenvalue weighted by Gasteiger charge is -2.36. The lowest BCUT2D eigenvalue weighted by atomic mass is 10.0. The molecule has 2 amide bonds. The number of urea groups is 1. The second kappa shape index (κ2) is 9.87. The van der Waals surface area contributed by atoms with Crippen LogP contribution in [0.15, 0.2) is 24.3 Å². The first-order valence-corrected chi connectivity index (χ1v) is 10.8. The van der Waals surface area contributed by atoms with Crippen LogP contribution in [0.3, 0.4) is 0 Å². The highest BCUT2D eigenvalue weighted by atomic mass is 19.1. The number of hydrogen-bond acceptors (Lipinski definition) is 4. The maximum absolute atomic E-state index is 14.4. The van der Waals surface area contributed by atoms with E-state index in [4.69, 9.17) is 9.97 Å². The van der Waals surface area contributed by atoms with Gasteiger partial charge in [-0.2, -0.15) is 0 Å². The zero-order valence-electron chi connectivity index (χ0n) is 18.4. The summed E-state index contributed by atoms with van der Waals surface area (Å²) in [7, 11) is 0. The quantitative estimate of drug-likeness (QED) is 0.781. The van der Waals surface area contributed by atoms with Gasteiger partial charge in [-0.3, -0.25) is 0 Å². The summed E-state index contributed by atoms with van der Waals surface area (Å²) in [4.78, 5) is 25.9. The fourth-order valence-corrected chi connectivity index (χ4v) is 3.69. The van der Waals surface area contributed by atoms with Gasteiger partial charge in [0.25, 0.3) is 0 Å². The predicted molar refractivity (Wildman–Crippen MR) is 118 cm³/mol. The molecule has 3 rings (SSSR count). The Hall–Kier alpha value is -2.70. The monoisotopic (exact) mass is 413 g/mol. The number of piperazine rings is 1. The lowest BCUT2D eigenvalue weighted by Crippen LogP contribution is -2.52. The molecule has 162 valence electrons. The molecule has 2 aromatic rings. The topological polar surface area (TPSA) is 61.4 Å². The van der Waals surface area contributed by atoms with E-state index in [1.165, 1.54) is 6.07 Å². The highest BCUT2D eigenvalue weighted by Crippen LogP contribution is 2.28. The van der Waals surface area contributed by atoms with Crippen molar-refractivity contribution in [1.29, 1.82) is 0 Å². The summed E-state index contributed by atoms with van der Waals surface area (Å²) in [5.41, 5.74) is 2.49. The molecular formula is C23H32FN5O. The molecule has 1 atom stereocenters. The summed E-state index contributed by atoms with van der Waals surface area (Å²) in [5.74, 6) is 1.74. The van der Waals surface area contributed by atoms with Crippen molar-refractivity contribution < 1.29 is 9.18 Å². The smallest absolute Gasteiger partial charge is 0.317 e. The number of nitrogens with one attached hydrogen (secondary N) is 1. The van der Waals surface area contributed by atoms with Crippen LogP contribution in [-0.4, -0.2) is 53.6 Å². The Morgan fingerprint density at radius 1 is 1.17 bits per heavy atom. The molecular weight excluding hydrogens is 381 g/mol. The molecule has 0 radical (unpaired) electrons. The van der Waals surface area contributed by atoms with Crippen molar-refractivity contribution in [3.8, 4) is 0 Å². The van der Waals surface area contributed by atoms with E-state index >= 15 is 0 Å². The van der Waals surface area contributed by atoms with Crippen LogP contribution in [0.2, 0.25) is 0 Å². The Balaban J connectivity index is 1.92. The molecule has 2 heterocycles. The molecule has 1 aromatic carbocycles. The largest absolute Gasteiger partial charge is 0.353 e. The van der Waals surface area contributed by atoms with E-state index < -0.39 is 0 Å². The number of benzene rings is 1. The van der Waals surface area contributed by atoms with Gasteiger partial charge in [-0.25, -0.2) is 19.2 Å². The van der Waals surface area contributed by atoms with E-state index in [0.717, 1.165) is 29.3 Å². The number of nitrogens with zero attached hydrogens (tertiary/aromatic N) is 4. The molecule has 1 aliphatic heterocycles. The minimum absolute atomic E-state index is 0.0251. The zero-order valence-corrected chi connectivity index (χ0v) is 18.4. The van der Waals surface area contributed by atoms with Crippen LogP contribution in [0.4, 0.5) is 15.0 Å². The minimum Gasteiger partial charge on any atom is -0.353 e. The summed E-state index contributed by atoms with van der Waals surface area (Å²) in [6, 6.07) is 6.84. The summed E-state index contributed by atoms with van der Waals surface area (Å²) in [6.07, 6.45) is 1.40. The molecule has 1 saturated heterocycles. The number of carbonyl (C=O) groups is 1. The second-order valence-corrected chi connectivity index (χ2v) is 7.86. The maximum Gasteiger partial charge on any atom is 0.317 e. The van der Waals surface area contributed by atoms with Crippen molar-refractivity contribution in [3.05, 3.63) is 52.7 Å². The number of rotatable bonds is 6. The van der Waals surface area contributed by atoms with Crippen molar-refractivity contribution in [1.82, 2.24) is 20.2 Å². The third-order valence-electron chi connectivity index (χ3n) is 5.78. The maximum atomic E-state index is 14.4. The summed E-state index contributed by atoms with van der Waals surface area (Å²) in [6.45, 7) is 11.4. The van der Waals surface area contributed by atoms with Gasteiger partial charge in [-0.15, -0.1) is 0 Å². The fraction of sp³-hybridized carbons (Fsp3) is 0.522. The van der Waals surface area contributed by atoms with Crippen molar-refractivity contribution in [2.75, 3.05) is 37.6 Å². The van der Waals surface area contributed by atoms with Gasteiger partial charge >= 0.3 is 6.03 Å². The number of anilines is 1. The molecule has 30 heavy (non-hydrogen) atoms. The lowest BCUT2D eigenvalue weighted by molar-refractivity contribution is 0.195. The Kier molecular flexibility index (Phi) is 7.24. The standard InChI is InChI=1S/C23H32FN5O/c1-5-16(3)21-26-17(4)19(15-18-9-7-8-10-20(18)24)22(27-21)28-11-13-29(14-12-28)23(30)25-6-2/h7-10,16H,5-6,11-15H2,1-4H3,(H,25,30)/t16-/m1/s1. The number of aromatic nitrogens is 2. The van der Waals surface area contributed by atoms with Crippen LogP contribution < -0.4 is 10.2 Å². The van der Waals surface area contributed by atoms with Crippen LogP contribution >= 0.6 is 0 Å². The molecule has 0 spiro atoms. The molecule has 1 aliphatic rings. The number of halogens is 1. The Bertz CT molecular complexity index is 880. The predicted octanol–water partition coefficient (Wildman–Crippen LogP) is 3.88. The van der Waals surface area contributed by atoms with Gasteiger partial charge in [0.05, 0.1) is 0 Å². The first kappa shape index (κ1) is 22.0. The van der Waals surface area contributed by atoms with Crippen molar-refractivity contribution >= 4 is 11.8 Å². The Morgan fingerprint density at radius 3 is 2.50 bits per heavy atom. The van der Waals surface area contributed by atoms with Crippen LogP contribution in [0.25, 0.3) is 0 Å². The van der Waals surface area contributed by atoms with Crippen molar-refractivity contribution in [2.24, 2.45) is 0 Å². The van der Waals surface area contributed by atoms with Gasteiger partial charge in [0.15, 0.2) is 0 Å². The van der Waals surface area contributed by atoms with Gasteiger partial charge < -0.3 is 15.1 Å². The first-order valence-electron chi connectivity index (χ1n) is 10.8. The molecule has 0 saturated carbocycles. The number of carbonyl (C=O) groups excluding carboxylic acids is 1. The fourth-order valence-electron chi connectivity index (χ4n) is 3.69. The van der Waals surface area contributed by atoms with E-state index in [-0.39, 0.29) is 17.8 Å². The van der Waals surface area contributed by atoms with Gasteiger partial charge in [-0.1, -0.05) is 32.0 Å². The zero-order chi connectivity index (χ0) is 21.7. The molecule has 1 fully saturated rings. The van der Waals surface area contributed by atoms with Gasteiger partial charge in [0.1, 0.15) is 17.5 Å². The summed E-state index contributed by atoms with van der Waals surface area (Å²) < 4.78 is 14.4. The average molecular weight is 414 g/mol. The summed E-state index contributed by atoms with van der Waals surface area (Å²) >= 11 is 0. The second-order valence-electron chi connectivity index (χ2n) is 7.86. The van der Waals surface area contributed by atoms with Gasteiger partial charge in [-0.05, 0) is 31.9 Å². The third kappa shape index (κ3) is 4.89. The summed E-state index contributed by atoms with van der Waals surface area (Å²) in [5, 5.41) is 2.86. The minimum atomic E-state index is -0.213. The third-order valence-corrected chi connectivity index (χ3v) is 5.78. The SMILES string of the molecule is CCNC(=O)N1CCN(c2nc([C@H](C)CC)nc(C)c2Cc2ccccc2F)CC1. The van der Waals surface area contributed by atoms with Gasteiger partial charge in [0.2, 0.25) is 0 Å². The van der Waals surface area contributed by atoms with Crippen LogP contribution in [0.5, 0.6) is 0 Å². The highest BCUT2D eigenvalue weighted by Gasteiger charge is 2.25. The number of amides is 2. The van der Waals surface area contributed by atoms with E-state index in [9.17, 15) is 9.18 Å². The van der Waals surface area contributed by atoms with Crippen molar-refractivity contribution in [3.63, 3.8) is 0 Å². The Morgan fingerprint density at radius 2 is 1.87 bits per heavy atom. The van der Waals surface area contributed by atoms with Crippen LogP contribution in [-0.2, 0) is 6.42 Å². The molecule has 0 aliphatic carbocycles. The molecule has 6 nitrogen and oxygen atoms in total. The van der Waals surface area contributed by atoms with E-state index in [2.05, 4.69) is 24.1 Å². The number of hydrogen-bond donors (Lipinski definition) is 1. The Labute approximate surface area is 178 Å². The molecule has 0 unspecified atom stereocenters.